The molecule has 0 unspecified atom stereocenters. The summed E-state index contributed by atoms with van der Waals surface area (Å²) in [7, 11) is 0. The van der Waals surface area contributed by atoms with Gasteiger partial charge < -0.3 is 4.57 Å². The fraction of sp³-hybridized carbons (Fsp3) is 0.478. The van der Waals surface area contributed by atoms with Crippen LogP contribution in [0.1, 0.15) is 56.1 Å². The second-order valence-electron chi connectivity index (χ2n) is 7.21. The summed E-state index contributed by atoms with van der Waals surface area (Å²) in [6.45, 7) is 7.59. The highest BCUT2D eigenvalue weighted by atomic mass is 32.2. The molecule has 27 heavy (non-hydrogen) atoms. The Morgan fingerprint density at radius 1 is 1.00 bits per heavy atom. The summed E-state index contributed by atoms with van der Waals surface area (Å²) < 4.78 is 2.47. The Morgan fingerprint density at radius 3 is 2.59 bits per heavy atom. The van der Waals surface area contributed by atoms with Crippen molar-refractivity contribution in [2.45, 2.75) is 70.7 Å². The molecule has 3 aromatic rings. The number of aromatic nitrogens is 3. The molecule has 0 amide bonds. The lowest BCUT2D eigenvalue weighted by atomic mass is 10.2. The van der Waals surface area contributed by atoms with Gasteiger partial charge in [0, 0.05) is 23.6 Å². The van der Waals surface area contributed by atoms with E-state index in [2.05, 4.69) is 60.7 Å². The van der Waals surface area contributed by atoms with Crippen LogP contribution < -0.4 is 0 Å². The lowest BCUT2D eigenvalue weighted by molar-refractivity contribution is 0.584. The molecular formula is C23H31N3S. The van der Waals surface area contributed by atoms with Crippen LogP contribution in [0.4, 0.5) is 0 Å². The van der Waals surface area contributed by atoms with E-state index in [0.717, 1.165) is 24.2 Å². The van der Waals surface area contributed by atoms with E-state index in [-0.39, 0.29) is 0 Å². The number of imidazole rings is 1. The zero-order valence-electron chi connectivity index (χ0n) is 16.9. The molecule has 1 aromatic carbocycles. The number of fused-ring (bicyclic) bond motifs is 1. The van der Waals surface area contributed by atoms with Crippen LogP contribution in [0, 0.1) is 13.8 Å². The maximum absolute atomic E-state index is 4.90. The highest BCUT2D eigenvalue weighted by Crippen LogP contribution is 2.24. The number of pyridine rings is 1. The van der Waals surface area contributed by atoms with Crippen molar-refractivity contribution in [3.8, 4) is 0 Å². The average Bonchev–Trinajstić information content (AvgIpc) is 3.05. The molecule has 0 fully saturated rings. The topological polar surface area (TPSA) is 30.7 Å². The summed E-state index contributed by atoms with van der Waals surface area (Å²) in [6.07, 6.45) is 9.14. The van der Waals surface area contributed by atoms with Crippen molar-refractivity contribution >= 4 is 22.8 Å². The van der Waals surface area contributed by atoms with Crippen LogP contribution in [0.15, 0.2) is 41.4 Å². The minimum Gasteiger partial charge on any atom is -0.328 e. The molecule has 0 N–H and O–H groups in total. The Morgan fingerprint density at radius 2 is 1.81 bits per heavy atom. The van der Waals surface area contributed by atoms with Gasteiger partial charge in [0.1, 0.15) is 11.3 Å². The summed E-state index contributed by atoms with van der Waals surface area (Å²) in [6, 6.07) is 10.7. The molecule has 3 rings (SSSR count). The van der Waals surface area contributed by atoms with Crippen molar-refractivity contribution in [1.29, 1.82) is 0 Å². The zero-order chi connectivity index (χ0) is 19.1. The second-order valence-corrected chi connectivity index (χ2v) is 8.38. The molecule has 144 valence electrons. The van der Waals surface area contributed by atoms with Crippen LogP contribution in [0.2, 0.25) is 0 Å². The first kappa shape index (κ1) is 19.9. The van der Waals surface area contributed by atoms with Gasteiger partial charge in [0.15, 0.2) is 0 Å². The maximum atomic E-state index is 4.90. The highest BCUT2D eigenvalue weighted by Gasteiger charge is 2.14. The molecule has 0 atom stereocenters. The number of hydrogen-bond donors (Lipinski definition) is 0. The van der Waals surface area contributed by atoms with Gasteiger partial charge >= 0.3 is 0 Å². The molecule has 0 aliphatic rings. The highest BCUT2D eigenvalue weighted by molar-refractivity contribution is 7.99. The van der Waals surface area contributed by atoms with Crippen LogP contribution in [0.5, 0.6) is 0 Å². The normalized spacial score (nSPS) is 11.4. The van der Waals surface area contributed by atoms with Crippen molar-refractivity contribution in [3.63, 3.8) is 0 Å². The number of rotatable bonds is 10. The third kappa shape index (κ3) is 5.13. The summed E-state index contributed by atoms with van der Waals surface area (Å²) in [5, 5.41) is 0. The van der Waals surface area contributed by atoms with Gasteiger partial charge in [0.2, 0.25) is 0 Å². The van der Waals surface area contributed by atoms with Crippen LogP contribution in [-0.4, -0.2) is 20.3 Å². The fourth-order valence-corrected chi connectivity index (χ4v) is 4.39. The van der Waals surface area contributed by atoms with Crippen LogP contribution in [0.25, 0.3) is 11.0 Å². The van der Waals surface area contributed by atoms with Crippen LogP contribution in [-0.2, 0) is 13.0 Å². The van der Waals surface area contributed by atoms with Crippen molar-refractivity contribution in [3.05, 3.63) is 53.6 Å². The van der Waals surface area contributed by atoms with Gasteiger partial charge in [-0.05, 0) is 56.6 Å². The molecule has 4 heteroatoms. The quantitative estimate of drug-likeness (QED) is 0.303. The molecule has 2 aromatic heterocycles. The summed E-state index contributed by atoms with van der Waals surface area (Å²) in [5.41, 5.74) is 4.75. The molecule has 0 radical (unpaired) electrons. The van der Waals surface area contributed by atoms with E-state index < -0.39 is 0 Å². The molecule has 3 nitrogen and oxygen atoms in total. The number of thioether (sulfide) groups is 1. The number of hydrogen-bond acceptors (Lipinski definition) is 3. The Balaban J connectivity index is 1.60. The fourth-order valence-electron chi connectivity index (χ4n) is 3.45. The van der Waals surface area contributed by atoms with E-state index in [9.17, 15) is 0 Å². The van der Waals surface area contributed by atoms with E-state index >= 15 is 0 Å². The van der Waals surface area contributed by atoms with Gasteiger partial charge in [-0.25, -0.2) is 4.98 Å². The van der Waals surface area contributed by atoms with Gasteiger partial charge in [0.05, 0.1) is 11.7 Å². The lowest BCUT2D eigenvalue weighted by Gasteiger charge is -2.11. The van der Waals surface area contributed by atoms with E-state index in [1.165, 1.54) is 59.7 Å². The molecule has 0 saturated carbocycles. The van der Waals surface area contributed by atoms with E-state index in [4.69, 9.17) is 4.98 Å². The minimum absolute atomic E-state index is 1.06. The van der Waals surface area contributed by atoms with Crippen molar-refractivity contribution < 1.29 is 0 Å². The first-order chi connectivity index (χ1) is 13.2. The van der Waals surface area contributed by atoms with Gasteiger partial charge in [-0.3, -0.25) is 4.98 Å². The molecule has 0 spiro atoms. The first-order valence-corrected chi connectivity index (χ1v) is 11.2. The van der Waals surface area contributed by atoms with Crippen molar-refractivity contribution in [2.75, 3.05) is 5.75 Å². The van der Waals surface area contributed by atoms with Crippen molar-refractivity contribution in [2.24, 2.45) is 0 Å². The van der Waals surface area contributed by atoms with Gasteiger partial charge in [0.25, 0.3) is 0 Å². The molecule has 0 aliphatic carbocycles. The van der Waals surface area contributed by atoms with Crippen molar-refractivity contribution in [1.82, 2.24) is 14.5 Å². The van der Waals surface area contributed by atoms with Crippen LogP contribution >= 0.6 is 11.8 Å². The third-order valence-corrected chi connectivity index (χ3v) is 6.24. The SMILES string of the molecule is CCCCc1nc2cnc(C)c(C)c2n1CCCCCSc1ccccc1. The second kappa shape index (κ2) is 9.93. The smallest absolute Gasteiger partial charge is 0.109 e. The average molecular weight is 382 g/mol. The lowest BCUT2D eigenvalue weighted by Crippen LogP contribution is -2.06. The Kier molecular flexibility index (Phi) is 7.33. The molecule has 0 saturated heterocycles. The largest absolute Gasteiger partial charge is 0.328 e. The third-order valence-electron chi connectivity index (χ3n) is 5.14. The van der Waals surface area contributed by atoms with E-state index in [1.807, 2.05) is 18.0 Å². The number of aryl methyl sites for hydroxylation is 4. The number of unbranched alkanes of at least 4 members (excludes halogenated alkanes) is 3. The Bertz CT molecular complexity index is 855. The summed E-state index contributed by atoms with van der Waals surface area (Å²) in [4.78, 5) is 10.8. The van der Waals surface area contributed by atoms with Crippen LogP contribution in [0.3, 0.4) is 0 Å². The standard InChI is InChI=1S/C23H31N3S/c1-4-5-14-22-25-21-17-24-19(3)18(2)23(21)26(22)15-10-7-11-16-27-20-12-8-6-9-13-20/h6,8-9,12-13,17H,4-5,7,10-11,14-16H2,1-3H3. The van der Waals surface area contributed by atoms with Gasteiger partial charge in [-0.15, -0.1) is 11.8 Å². The molecular weight excluding hydrogens is 350 g/mol. The number of nitrogens with zero attached hydrogens (tertiary/aromatic N) is 3. The van der Waals surface area contributed by atoms with Gasteiger partial charge in [-0.2, -0.15) is 0 Å². The predicted molar refractivity (Wildman–Crippen MR) is 117 cm³/mol. The molecule has 0 aliphatic heterocycles. The summed E-state index contributed by atoms with van der Waals surface area (Å²) >= 11 is 1.96. The number of benzene rings is 1. The maximum Gasteiger partial charge on any atom is 0.109 e. The van der Waals surface area contributed by atoms with E-state index in [1.54, 1.807) is 0 Å². The predicted octanol–water partition coefficient (Wildman–Crippen LogP) is 6.35. The monoisotopic (exact) mass is 381 g/mol. The summed E-state index contributed by atoms with van der Waals surface area (Å²) in [5.74, 6) is 2.43. The Hall–Kier alpha value is -1.81. The first-order valence-electron chi connectivity index (χ1n) is 10.2. The Labute approximate surface area is 167 Å². The van der Waals surface area contributed by atoms with E-state index in [0.29, 0.717) is 0 Å². The van der Waals surface area contributed by atoms with Gasteiger partial charge in [-0.1, -0.05) is 38.0 Å². The minimum atomic E-state index is 1.06. The molecule has 2 heterocycles. The molecule has 0 bridgehead atoms. The zero-order valence-corrected chi connectivity index (χ0v) is 17.7.